The first-order valence-corrected chi connectivity index (χ1v) is 5.77. The van der Waals surface area contributed by atoms with Crippen molar-refractivity contribution in [2.75, 3.05) is 5.32 Å². The smallest absolute Gasteiger partial charge is 0.319 e. The number of halogens is 8. The molecule has 118 valence electrons. The quantitative estimate of drug-likeness (QED) is 0.652. The van der Waals surface area contributed by atoms with Crippen molar-refractivity contribution in [2.24, 2.45) is 0 Å². The van der Waals surface area contributed by atoms with Gasteiger partial charge in [0.1, 0.15) is 0 Å². The van der Waals surface area contributed by atoms with E-state index in [1.54, 1.807) is 0 Å². The standard InChI is InChI=1S/C10H5F8NOS/c11-8(12,9(13,14)15)7(20)19-5-3-1-2-4-6(5)21-10(16,17)18/h1-4H,(H,19,20). The van der Waals surface area contributed by atoms with Crippen molar-refractivity contribution in [1.82, 2.24) is 0 Å². The molecule has 0 radical (unpaired) electrons. The lowest BCUT2D eigenvalue weighted by atomic mass is 10.2. The van der Waals surface area contributed by atoms with E-state index in [0.29, 0.717) is 0 Å². The molecule has 0 heterocycles. The summed E-state index contributed by atoms with van der Waals surface area (Å²) >= 11 is -0.753. The normalized spacial score (nSPS) is 13.1. The van der Waals surface area contributed by atoms with E-state index in [9.17, 15) is 39.9 Å². The molecule has 0 saturated heterocycles. The number of benzene rings is 1. The molecule has 0 spiro atoms. The second kappa shape index (κ2) is 5.70. The van der Waals surface area contributed by atoms with E-state index in [-0.39, 0.29) is 0 Å². The van der Waals surface area contributed by atoms with Gasteiger partial charge in [0, 0.05) is 4.90 Å². The minimum atomic E-state index is -6.15. The Balaban J connectivity index is 3.02. The molecule has 11 heteroatoms. The van der Waals surface area contributed by atoms with Crippen LogP contribution in [0.4, 0.5) is 40.8 Å². The Kier molecular flexibility index (Phi) is 4.76. The van der Waals surface area contributed by atoms with E-state index in [1.807, 2.05) is 0 Å². The number of hydrogen-bond donors (Lipinski definition) is 1. The Labute approximate surface area is 116 Å². The van der Waals surface area contributed by atoms with E-state index < -0.39 is 45.9 Å². The number of carbonyl (C=O) groups excluding carboxylic acids is 1. The molecule has 0 atom stereocenters. The van der Waals surface area contributed by atoms with Gasteiger partial charge in [-0.25, -0.2) is 0 Å². The number of hydrogen-bond acceptors (Lipinski definition) is 2. The van der Waals surface area contributed by atoms with Gasteiger partial charge < -0.3 is 5.32 Å². The van der Waals surface area contributed by atoms with Gasteiger partial charge in [-0.2, -0.15) is 35.1 Å². The lowest BCUT2D eigenvalue weighted by Crippen LogP contribution is -2.47. The third-order valence-corrected chi connectivity index (χ3v) is 2.81. The monoisotopic (exact) mass is 339 g/mol. The zero-order valence-electron chi connectivity index (χ0n) is 9.65. The summed E-state index contributed by atoms with van der Waals surface area (Å²) in [4.78, 5) is 10.2. The molecule has 1 aromatic rings. The summed E-state index contributed by atoms with van der Waals surface area (Å²) in [6.07, 6.45) is -6.15. The number of alkyl halides is 8. The average Bonchev–Trinajstić information content (AvgIpc) is 2.28. The minimum Gasteiger partial charge on any atom is -0.319 e. The number of rotatable bonds is 3. The molecule has 0 aliphatic carbocycles. The van der Waals surface area contributed by atoms with Crippen LogP contribution in [0.1, 0.15) is 0 Å². The molecule has 1 rings (SSSR count). The zero-order chi connectivity index (χ0) is 16.5. The van der Waals surface area contributed by atoms with Crippen LogP contribution >= 0.6 is 11.8 Å². The van der Waals surface area contributed by atoms with E-state index >= 15 is 0 Å². The van der Waals surface area contributed by atoms with Crippen molar-refractivity contribution >= 4 is 23.4 Å². The van der Waals surface area contributed by atoms with Crippen molar-refractivity contribution in [3.8, 4) is 0 Å². The molecule has 0 aliphatic rings. The summed E-state index contributed by atoms with van der Waals surface area (Å²) in [5.41, 5.74) is -5.60. The Morgan fingerprint density at radius 1 is 0.952 bits per heavy atom. The molecule has 0 unspecified atom stereocenters. The summed E-state index contributed by atoms with van der Waals surface area (Å²) in [7, 11) is 0. The van der Waals surface area contributed by atoms with Crippen molar-refractivity contribution in [2.45, 2.75) is 22.5 Å². The van der Waals surface area contributed by atoms with E-state index in [2.05, 4.69) is 0 Å². The first-order valence-electron chi connectivity index (χ1n) is 4.95. The number of carbonyl (C=O) groups is 1. The van der Waals surface area contributed by atoms with Crippen LogP contribution < -0.4 is 5.32 Å². The SMILES string of the molecule is O=C(Nc1ccccc1SC(F)(F)F)C(F)(F)C(F)(F)F. The van der Waals surface area contributed by atoms with Crippen LogP contribution in [0, 0.1) is 0 Å². The van der Waals surface area contributed by atoms with Gasteiger partial charge in [-0.15, -0.1) is 0 Å². The van der Waals surface area contributed by atoms with Gasteiger partial charge in [0.05, 0.1) is 5.69 Å². The molecular weight excluding hydrogens is 334 g/mol. The highest BCUT2D eigenvalue weighted by atomic mass is 32.2. The summed E-state index contributed by atoms with van der Waals surface area (Å²) in [5.74, 6) is -8.48. The summed E-state index contributed by atoms with van der Waals surface area (Å²) in [5, 5.41) is 1.15. The van der Waals surface area contributed by atoms with Gasteiger partial charge in [0.25, 0.3) is 0 Å². The first kappa shape index (κ1) is 17.5. The summed E-state index contributed by atoms with van der Waals surface area (Å²) < 4.78 is 97.9. The third-order valence-electron chi connectivity index (χ3n) is 2.00. The van der Waals surface area contributed by atoms with Crippen LogP contribution in [0.25, 0.3) is 0 Å². The maximum Gasteiger partial charge on any atom is 0.463 e. The van der Waals surface area contributed by atoms with Crippen molar-refractivity contribution in [3.05, 3.63) is 24.3 Å². The highest BCUT2D eigenvalue weighted by Crippen LogP contribution is 2.41. The number of amides is 1. The predicted octanol–water partition coefficient (Wildman–Crippen LogP) is 4.43. The fraction of sp³-hybridized carbons (Fsp3) is 0.300. The molecule has 0 aliphatic heterocycles. The number of nitrogens with one attached hydrogen (secondary N) is 1. The Hall–Kier alpha value is -1.52. The molecule has 2 nitrogen and oxygen atoms in total. The van der Waals surface area contributed by atoms with Crippen LogP contribution in [0.2, 0.25) is 0 Å². The van der Waals surface area contributed by atoms with Gasteiger partial charge in [-0.1, -0.05) is 12.1 Å². The van der Waals surface area contributed by atoms with Gasteiger partial charge in [-0.05, 0) is 23.9 Å². The Morgan fingerprint density at radius 3 is 1.95 bits per heavy atom. The van der Waals surface area contributed by atoms with Crippen LogP contribution in [-0.4, -0.2) is 23.5 Å². The Morgan fingerprint density at radius 2 is 1.48 bits per heavy atom. The maximum absolute atomic E-state index is 12.7. The zero-order valence-corrected chi connectivity index (χ0v) is 10.5. The second-order valence-corrected chi connectivity index (χ2v) is 4.68. The second-order valence-electron chi connectivity index (χ2n) is 3.57. The van der Waals surface area contributed by atoms with Gasteiger partial charge >= 0.3 is 23.5 Å². The largest absolute Gasteiger partial charge is 0.463 e. The average molecular weight is 339 g/mol. The van der Waals surface area contributed by atoms with Crippen LogP contribution in [-0.2, 0) is 4.79 Å². The third kappa shape index (κ3) is 4.48. The van der Waals surface area contributed by atoms with Crippen molar-refractivity contribution < 1.29 is 39.9 Å². The highest BCUT2D eigenvalue weighted by Gasteiger charge is 2.63. The predicted molar refractivity (Wildman–Crippen MR) is 58.0 cm³/mol. The maximum atomic E-state index is 12.7. The van der Waals surface area contributed by atoms with Gasteiger partial charge in [0.15, 0.2) is 0 Å². The summed E-state index contributed by atoms with van der Waals surface area (Å²) in [6.45, 7) is 0. The molecule has 0 bridgehead atoms. The number of thioether (sulfide) groups is 1. The van der Waals surface area contributed by atoms with Crippen molar-refractivity contribution in [3.63, 3.8) is 0 Å². The fourth-order valence-electron chi connectivity index (χ4n) is 1.11. The highest BCUT2D eigenvalue weighted by molar-refractivity contribution is 8.00. The lowest BCUT2D eigenvalue weighted by molar-refractivity contribution is -0.267. The van der Waals surface area contributed by atoms with Gasteiger partial charge in [-0.3, -0.25) is 4.79 Å². The van der Waals surface area contributed by atoms with Crippen LogP contribution in [0.3, 0.4) is 0 Å². The topological polar surface area (TPSA) is 29.1 Å². The number of para-hydroxylation sites is 1. The van der Waals surface area contributed by atoms with E-state index in [0.717, 1.165) is 29.6 Å². The van der Waals surface area contributed by atoms with Crippen molar-refractivity contribution in [1.29, 1.82) is 0 Å². The van der Waals surface area contributed by atoms with E-state index in [1.165, 1.54) is 0 Å². The molecular formula is C10H5F8NOS. The number of anilines is 1. The fourth-order valence-corrected chi connectivity index (χ4v) is 1.74. The molecule has 1 N–H and O–H groups in total. The molecule has 1 aromatic carbocycles. The Bertz CT molecular complexity index is 525. The molecule has 0 fully saturated rings. The summed E-state index contributed by atoms with van der Waals surface area (Å²) in [6, 6.07) is 3.77. The van der Waals surface area contributed by atoms with Gasteiger partial charge in [0.2, 0.25) is 0 Å². The first-order chi connectivity index (χ1) is 9.34. The lowest BCUT2D eigenvalue weighted by Gasteiger charge is -2.19. The minimum absolute atomic E-state index is 0.712. The van der Waals surface area contributed by atoms with E-state index in [4.69, 9.17) is 0 Å². The molecule has 0 saturated carbocycles. The molecule has 21 heavy (non-hydrogen) atoms. The van der Waals surface area contributed by atoms with Crippen LogP contribution in [0.15, 0.2) is 29.2 Å². The molecule has 1 amide bonds. The van der Waals surface area contributed by atoms with Crippen LogP contribution in [0.5, 0.6) is 0 Å². The molecule has 0 aromatic heterocycles.